The zero-order valence-electron chi connectivity index (χ0n) is 12.2. The van der Waals surface area contributed by atoms with Gasteiger partial charge in [0.05, 0.1) is 5.69 Å². The van der Waals surface area contributed by atoms with Crippen LogP contribution < -0.4 is 10.6 Å². The molecule has 0 aliphatic carbocycles. The normalized spacial score (nSPS) is 20.5. The lowest BCUT2D eigenvalue weighted by Crippen LogP contribution is -2.40. The molecular formula is C16H21N3S2. The molecule has 1 aliphatic heterocycles. The molecule has 0 bridgehead atoms. The fraction of sp³-hybridized carbons (Fsp3) is 0.438. The molecule has 112 valence electrons. The zero-order chi connectivity index (χ0) is 14.7. The molecule has 1 aromatic carbocycles. The van der Waals surface area contributed by atoms with Crippen molar-refractivity contribution in [2.24, 2.45) is 5.73 Å². The van der Waals surface area contributed by atoms with Gasteiger partial charge in [0.2, 0.25) is 0 Å². The van der Waals surface area contributed by atoms with Crippen LogP contribution in [0.2, 0.25) is 0 Å². The molecule has 0 saturated carbocycles. The molecule has 5 heteroatoms. The van der Waals surface area contributed by atoms with E-state index in [4.69, 9.17) is 10.7 Å². The number of hydrogen-bond acceptors (Lipinski definition) is 5. The van der Waals surface area contributed by atoms with Crippen LogP contribution in [-0.4, -0.2) is 29.1 Å². The van der Waals surface area contributed by atoms with Crippen LogP contribution in [-0.2, 0) is 6.42 Å². The second-order valence-electron chi connectivity index (χ2n) is 5.46. The predicted molar refractivity (Wildman–Crippen MR) is 93.3 cm³/mol. The van der Waals surface area contributed by atoms with Crippen molar-refractivity contribution in [2.75, 3.05) is 23.0 Å². The maximum Gasteiger partial charge on any atom is 0.185 e. The van der Waals surface area contributed by atoms with E-state index in [-0.39, 0.29) is 6.04 Å². The van der Waals surface area contributed by atoms with Crippen LogP contribution in [0.3, 0.4) is 0 Å². The van der Waals surface area contributed by atoms with Gasteiger partial charge < -0.3 is 10.6 Å². The Kier molecular flexibility index (Phi) is 4.83. The molecule has 1 aromatic heterocycles. The summed E-state index contributed by atoms with van der Waals surface area (Å²) in [4.78, 5) is 7.23. The summed E-state index contributed by atoms with van der Waals surface area (Å²) in [5.74, 6) is 2.39. The molecule has 0 spiro atoms. The first-order chi connectivity index (χ1) is 10.2. The summed E-state index contributed by atoms with van der Waals surface area (Å²) in [7, 11) is 0. The van der Waals surface area contributed by atoms with Gasteiger partial charge >= 0.3 is 0 Å². The van der Waals surface area contributed by atoms with Gasteiger partial charge in [0, 0.05) is 41.9 Å². The molecule has 21 heavy (non-hydrogen) atoms. The van der Waals surface area contributed by atoms with Gasteiger partial charge in [-0.2, -0.15) is 11.8 Å². The first-order valence-electron chi connectivity index (χ1n) is 7.33. The SMILES string of the molecule is CC1CSCCN1c1nc(CC(N)c2ccccc2)cs1. The molecule has 2 aromatic rings. The first-order valence-corrected chi connectivity index (χ1v) is 9.37. The molecule has 1 saturated heterocycles. The predicted octanol–water partition coefficient (Wildman–Crippen LogP) is 3.33. The van der Waals surface area contributed by atoms with Crippen molar-refractivity contribution in [1.82, 2.24) is 4.98 Å². The van der Waals surface area contributed by atoms with E-state index >= 15 is 0 Å². The van der Waals surface area contributed by atoms with Gasteiger partial charge in [0.15, 0.2) is 5.13 Å². The molecule has 0 radical (unpaired) electrons. The summed E-state index contributed by atoms with van der Waals surface area (Å²) in [6.07, 6.45) is 0.803. The zero-order valence-corrected chi connectivity index (χ0v) is 13.9. The maximum atomic E-state index is 6.29. The number of aromatic nitrogens is 1. The summed E-state index contributed by atoms with van der Waals surface area (Å²) in [6, 6.07) is 10.9. The Balaban J connectivity index is 1.67. The molecule has 2 atom stereocenters. The second-order valence-corrected chi connectivity index (χ2v) is 7.45. The quantitative estimate of drug-likeness (QED) is 0.938. The number of benzene rings is 1. The average Bonchev–Trinajstić information content (AvgIpc) is 2.97. The number of nitrogens with zero attached hydrogens (tertiary/aromatic N) is 2. The van der Waals surface area contributed by atoms with Crippen molar-refractivity contribution in [3.05, 3.63) is 47.0 Å². The van der Waals surface area contributed by atoms with E-state index in [9.17, 15) is 0 Å². The molecule has 1 aliphatic rings. The number of hydrogen-bond donors (Lipinski definition) is 1. The lowest BCUT2D eigenvalue weighted by Gasteiger charge is -2.32. The van der Waals surface area contributed by atoms with Gasteiger partial charge in [0.25, 0.3) is 0 Å². The Morgan fingerprint density at radius 3 is 2.95 bits per heavy atom. The van der Waals surface area contributed by atoms with Gasteiger partial charge in [-0.3, -0.25) is 0 Å². The van der Waals surface area contributed by atoms with E-state index in [1.54, 1.807) is 11.3 Å². The van der Waals surface area contributed by atoms with Gasteiger partial charge in [-0.15, -0.1) is 11.3 Å². The molecular weight excluding hydrogens is 298 g/mol. The van der Waals surface area contributed by atoms with Crippen LogP contribution in [0.1, 0.15) is 24.2 Å². The van der Waals surface area contributed by atoms with Crippen molar-refractivity contribution in [1.29, 1.82) is 0 Å². The fourth-order valence-corrected chi connectivity index (χ4v) is 4.56. The number of thiazole rings is 1. The third-order valence-electron chi connectivity index (χ3n) is 3.81. The van der Waals surface area contributed by atoms with Crippen LogP contribution in [0.4, 0.5) is 5.13 Å². The van der Waals surface area contributed by atoms with Crippen LogP contribution in [0.25, 0.3) is 0 Å². The smallest absolute Gasteiger partial charge is 0.185 e. The first kappa shape index (κ1) is 14.9. The van der Waals surface area contributed by atoms with Crippen molar-refractivity contribution in [3.63, 3.8) is 0 Å². The van der Waals surface area contributed by atoms with Crippen molar-refractivity contribution < 1.29 is 0 Å². The molecule has 2 unspecified atom stereocenters. The van der Waals surface area contributed by atoms with Gasteiger partial charge in [-0.1, -0.05) is 30.3 Å². The summed E-state index contributed by atoms with van der Waals surface area (Å²) in [5, 5.41) is 3.31. The van der Waals surface area contributed by atoms with Crippen LogP contribution >= 0.6 is 23.1 Å². The van der Waals surface area contributed by atoms with E-state index < -0.39 is 0 Å². The standard InChI is InChI=1S/C16H21N3S2/c1-12-10-20-8-7-19(12)16-18-14(11-21-16)9-15(17)13-5-3-2-4-6-13/h2-6,11-12,15H,7-10,17H2,1H3. The lowest BCUT2D eigenvalue weighted by molar-refractivity contribution is 0.685. The fourth-order valence-electron chi connectivity index (χ4n) is 2.58. The van der Waals surface area contributed by atoms with Crippen LogP contribution in [0.5, 0.6) is 0 Å². The van der Waals surface area contributed by atoms with Gasteiger partial charge in [0.1, 0.15) is 0 Å². The Morgan fingerprint density at radius 2 is 2.19 bits per heavy atom. The minimum Gasteiger partial charge on any atom is -0.344 e. The van der Waals surface area contributed by atoms with E-state index in [0.29, 0.717) is 6.04 Å². The van der Waals surface area contributed by atoms with Gasteiger partial charge in [-0.25, -0.2) is 4.98 Å². The Labute approximate surface area is 134 Å². The highest BCUT2D eigenvalue weighted by atomic mass is 32.2. The molecule has 2 N–H and O–H groups in total. The number of anilines is 1. The Hall–Kier alpha value is -1.04. The van der Waals surface area contributed by atoms with E-state index in [1.807, 2.05) is 30.0 Å². The lowest BCUT2D eigenvalue weighted by atomic mass is 10.0. The largest absolute Gasteiger partial charge is 0.344 e. The van der Waals surface area contributed by atoms with Crippen molar-refractivity contribution >= 4 is 28.2 Å². The van der Waals surface area contributed by atoms with Gasteiger partial charge in [-0.05, 0) is 12.5 Å². The molecule has 3 nitrogen and oxygen atoms in total. The molecule has 3 rings (SSSR count). The summed E-state index contributed by atoms with van der Waals surface area (Å²) in [6.45, 7) is 3.38. The average molecular weight is 319 g/mol. The summed E-state index contributed by atoms with van der Waals surface area (Å²) in [5.41, 5.74) is 8.57. The monoisotopic (exact) mass is 319 g/mol. The third kappa shape index (κ3) is 3.59. The molecule has 0 amide bonds. The van der Waals surface area contributed by atoms with Crippen LogP contribution in [0, 0.1) is 0 Å². The topological polar surface area (TPSA) is 42.2 Å². The maximum absolute atomic E-state index is 6.29. The Morgan fingerprint density at radius 1 is 1.38 bits per heavy atom. The second kappa shape index (κ2) is 6.81. The minimum absolute atomic E-state index is 0.0236. The van der Waals surface area contributed by atoms with Crippen molar-refractivity contribution in [2.45, 2.75) is 25.4 Å². The van der Waals surface area contributed by atoms with E-state index in [1.165, 1.54) is 17.1 Å². The highest BCUT2D eigenvalue weighted by Crippen LogP contribution is 2.28. The number of thioether (sulfide) groups is 1. The number of rotatable bonds is 4. The highest BCUT2D eigenvalue weighted by Gasteiger charge is 2.21. The molecule has 1 fully saturated rings. The Bertz CT molecular complexity index is 570. The summed E-state index contributed by atoms with van der Waals surface area (Å²) >= 11 is 3.78. The van der Waals surface area contributed by atoms with E-state index in [2.05, 4.69) is 29.3 Å². The van der Waals surface area contributed by atoms with Crippen molar-refractivity contribution in [3.8, 4) is 0 Å². The van der Waals surface area contributed by atoms with Crippen LogP contribution in [0.15, 0.2) is 35.7 Å². The highest BCUT2D eigenvalue weighted by molar-refractivity contribution is 7.99. The van der Waals surface area contributed by atoms with E-state index in [0.717, 1.165) is 23.8 Å². The molecule has 2 heterocycles. The summed E-state index contributed by atoms with van der Waals surface area (Å²) < 4.78 is 0. The third-order valence-corrected chi connectivity index (χ3v) is 5.93. The number of nitrogens with two attached hydrogens (primary N) is 1. The minimum atomic E-state index is 0.0236.